The van der Waals surface area contributed by atoms with E-state index in [-0.39, 0.29) is 18.0 Å². The molecule has 0 aliphatic heterocycles. The standard InChI is InChI=1S/C22H25N3O4/c1-3-5-14-24-21(27)18-8-6-7-9-19(18)25(22(24)28)15-20(26)23-16-10-12-17(13-11-16)29-4-2/h6-13H,3-5,14-15H2,1-2H3,(H,23,26). The number of hydrogen-bond acceptors (Lipinski definition) is 4. The zero-order valence-corrected chi connectivity index (χ0v) is 16.7. The van der Waals surface area contributed by atoms with Crippen molar-refractivity contribution in [1.29, 1.82) is 0 Å². The van der Waals surface area contributed by atoms with Gasteiger partial charge in [-0.25, -0.2) is 4.79 Å². The highest BCUT2D eigenvalue weighted by atomic mass is 16.5. The predicted octanol–water partition coefficient (Wildman–Crippen LogP) is 3.00. The van der Waals surface area contributed by atoms with Crippen molar-refractivity contribution in [3.05, 3.63) is 69.4 Å². The summed E-state index contributed by atoms with van der Waals surface area (Å²) in [6, 6.07) is 13.9. The van der Waals surface area contributed by atoms with E-state index in [9.17, 15) is 14.4 Å². The number of benzene rings is 2. The SMILES string of the molecule is CCCCn1c(=O)c2ccccc2n(CC(=O)Nc2ccc(OCC)cc2)c1=O. The first-order valence-corrected chi connectivity index (χ1v) is 9.80. The molecule has 7 nitrogen and oxygen atoms in total. The van der Waals surface area contributed by atoms with Crippen LogP contribution in [0.4, 0.5) is 5.69 Å². The molecule has 7 heteroatoms. The number of nitrogens with one attached hydrogen (secondary N) is 1. The topological polar surface area (TPSA) is 82.3 Å². The van der Waals surface area contributed by atoms with Crippen molar-refractivity contribution in [3.8, 4) is 5.75 Å². The van der Waals surface area contributed by atoms with Crippen molar-refractivity contribution in [2.45, 2.75) is 39.8 Å². The number of hydrogen-bond donors (Lipinski definition) is 1. The molecule has 1 N–H and O–H groups in total. The van der Waals surface area contributed by atoms with E-state index in [1.165, 1.54) is 9.13 Å². The second kappa shape index (κ2) is 9.23. The summed E-state index contributed by atoms with van der Waals surface area (Å²) in [4.78, 5) is 38.3. The molecule has 152 valence electrons. The average molecular weight is 395 g/mol. The molecule has 2 aromatic carbocycles. The van der Waals surface area contributed by atoms with Gasteiger partial charge in [-0.2, -0.15) is 0 Å². The summed E-state index contributed by atoms with van der Waals surface area (Å²) in [7, 11) is 0. The number of nitrogens with zero attached hydrogens (tertiary/aromatic N) is 2. The highest BCUT2D eigenvalue weighted by Crippen LogP contribution is 2.16. The Bertz CT molecular complexity index is 1110. The quantitative estimate of drug-likeness (QED) is 0.636. The van der Waals surface area contributed by atoms with Crippen LogP contribution in [0.5, 0.6) is 5.75 Å². The lowest BCUT2D eigenvalue weighted by molar-refractivity contribution is -0.116. The molecule has 3 rings (SSSR count). The first-order valence-electron chi connectivity index (χ1n) is 9.80. The fourth-order valence-electron chi connectivity index (χ4n) is 3.18. The molecule has 29 heavy (non-hydrogen) atoms. The Morgan fingerprint density at radius 1 is 1.00 bits per heavy atom. The zero-order chi connectivity index (χ0) is 20.8. The van der Waals surface area contributed by atoms with Crippen molar-refractivity contribution in [3.63, 3.8) is 0 Å². The van der Waals surface area contributed by atoms with E-state index in [0.29, 0.717) is 36.2 Å². The summed E-state index contributed by atoms with van der Waals surface area (Å²) in [5, 5.41) is 3.22. The lowest BCUT2D eigenvalue weighted by Gasteiger charge is -2.14. The van der Waals surface area contributed by atoms with Crippen LogP contribution < -0.4 is 21.3 Å². The normalized spacial score (nSPS) is 10.8. The largest absolute Gasteiger partial charge is 0.494 e. The number of rotatable bonds is 8. The minimum atomic E-state index is -0.469. The minimum Gasteiger partial charge on any atom is -0.494 e. The van der Waals surface area contributed by atoms with Crippen LogP contribution in [0.3, 0.4) is 0 Å². The van der Waals surface area contributed by atoms with Gasteiger partial charge in [0.1, 0.15) is 12.3 Å². The van der Waals surface area contributed by atoms with Crippen LogP contribution in [-0.2, 0) is 17.9 Å². The van der Waals surface area contributed by atoms with Crippen molar-refractivity contribution in [2.75, 3.05) is 11.9 Å². The Kier molecular flexibility index (Phi) is 6.49. The first kappa shape index (κ1) is 20.4. The molecule has 0 unspecified atom stereocenters. The molecule has 0 radical (unpaired) electrons. The third-order valence-electron chi connectivity index (χ3n) is 4.62. The monoisotopic (exact) mass is 395 g/mol. The van der Waals surface area contributed by atoms with Crippen LogP contribution in [0.2, 0.25) is 0 Å². The third-order valence-corrected chi connectivity index (χ3v) is 4.62. The van der Waals surface area contributed by atoms with Crippen molar-refractivity contribution >= 4 is 22.5 Å². The smallest absolute Gasteiger partial charge is 0.331 e. The Hall–Kier alpha value is -3.35. The molecule has 0 saturated heterocycles. The van der Waals surface area contributed by atoms with Crippen LogP contribution in [0.15, 0.2) is 58.1 Å². The molecule has 1 heterocycles. The number of carbonyl (C=O) groups is 1. The molecular formula is C22H25N3O4. The molecule has 3 aromatic rings. The Morgan fingerprint density at radius 3 is 2.41 bits per heavy atom. The maximum Gasteiger partial charge on any atom is 0.331 e. The van der Waals surface area contributed by atoms with Gasteiger partial charge in [0, 0.05) is 12.2 Å². The molecule has 1 amide bonds. The van der Waals surface area contributed by atoms with Crippen molar-refractivity contribution < 1.29 is 9.53 Å². The number of amides is 1. The van der Waals surface area contributed by atoms with E-state index >= 15 is 0 Å². The van der Waals surface area contributed by atoms with E-state index in [1.54, 1.807) is 48.5 Å². The molecule has 0 fully saturated rings. The van der Waals surface area contributed by atoms with Crippen LogP contribution in [0.1, 0.15) is 26.7 Å². The summed E-state index contributed by atoms with van der Waals surface area (Å²) in [5.41, 5.74) is 0.276. The Morgan fingerprint density at radius 2 is 1.72 bits per heavy atom. The van der Waals surface area contributed by atoms with Gasteiger partial charge in [-0.05, 0) is 49.7 Å². The maximum absolute atomic E-state index is 12.9. The van der Waals surface area contributed by atoms with Crippen molar-refractivity contribution in [1.82, 2.24) is 9.13 Å². The second-order valence-electron chi connectivity index (χ2n) is 6.70. The van der Waals surface area contributed by atoms with Gasteiger partial charge in [-0.1, -0.05) is 25.5 Å². The number of aromatic nitrogens is 2. The first-order chi connectivity index (χ1) is 14.0. The van der Waals surface area contributed by atoms with Crippen LogP contribution >= 0.6 is 0 Å². The summed E-state index contributed by atoms with van der Waals surface area (Å²) < 4.78 is 7.97. The van der Waals surface area contributed by atoms with Gasteiger partial charge in [0.05, 0.1) is 17.5 Å². The Labute approximate surface area is 168 Å². The number of ether oxygens (including phenoxy) is 1. The fourth-order valence-corrected chi connectivity index (χ4v) is 3.18. The fraction of sp³-hybridized carbons (Fsp3) is 0.318. The summed E-state index contributed by atoms with van der Waals surface area (Å²) in [5.74, 6) is 0.373. The van der Waals surface area contributed by atoms with Gasteiger partial charge in [0.2, 0.25) is 5.91 Å². The van der Waals surface area contributed by atoms with Crippen LogP contribution in [0.25, 0.3) is 10.9 Å². The van der Waals surface area contributed by atoms with Crippen LogP contribution in [0, 0.1) is 0 Å². The number of unbranched alkanes of at least 4 members (excludes halogenated alkanes) is 1. The van der Waals surface area contributed by atoms with Crippen LogP contribution in [-0.4, -0.2) is 21.6 Å². The summed E-state index contributed by atoms with van der Waals surface area (Å²) in [6.45, 7) is 4.61. The molecule has 1 aromatic heterocycles. The van der Waals surface area contributed by atoms with E-state index < -0.39 is 5.69 Å². The van der Waals surface area contributed by atoms with E-state index in [0.717, 1.165) is 12.2 Å². The zero-order valence-electron chi connectivity index (χ0n) is 16.7. The lowest BCUT2D eigenvalue weighted by atomic mass is 10.2. The van der Waals surface area contributed by atoms with Gasteiger partial charge in [0.25, 0.3) is 5.56 Å². The average Bonchev–Trinajstić information content (AvgIpc) is 2.73. The minimum absolute atomic E-state index is 0.182. The maximum atomic E-state index is 12.9. The van der Waals surface area contributed by atoms with Crippen molar-refractivity contribution in [2.24, 2.45) is 0 Å². The number of para-hydroxylation sites is 1. The summed E-state index contributed by atoms with van der Waals surface area (Å²) >= 11 is 0. The van der Waals surface area contributed by atoms with Gasteiger partial charge < -0.3 is 10.1 Å². The number of anilines is 1. The van der Waals surface area contributed by atoms with E-state index in [1.807, 2.05) is 13.8 Å². The van der Waals surface area contributed by atoms with Gasteiger partial charge in [0.15, 0.2) is 0 Å². The molecule has 0 atom stereocenters. The second-order valence-corrected chi connectivity index (χ2v) is 6.70. The molecule has 0 spiro atoms. The molecule has 0 bridgehead atoms. The molecular weight excluding hydrogens is 370 g/mol. The highest BCUT2D eigenvalue weighted by molar-refractivity contribution is 5.91. The highest BCUT2D eigenvalue weighted by Gasteiger charge is 2.15. The van der Waals surface area contributed by atoms with E-state index in [4.69, 9.17) is 4.74 Å². The molecule has 0 aliphatic carbocycles. The van der Waals surface area contributed by atoms with Gasteiger partial charge in [-0.3, -0.25) is 18.7 Å². The molecule has 0 aliphatic rings. The summed E-state index contributed by atoms with van der Waals surface area (Å²) in [6.07, 6.45) is 1.57. The third kappa shape index (κ3) is 4.56. The van der Waals surface area contributed by atoms with E-state index in [2.05, 4.69) is 5.32 Å². The number of fused-ring (bicyclic) bond motifs is 1. The number of carbonyl (C=O) groups excluding carboxylic acids is 1. The molecule has 0 saturated carbocycles. The van der Waals surface area contributed by atoms with Gasteiger partial charge in [-0.15, -0.1) is 0 Å². The lowest BCUT2D eigenvalue weighted by Crippen LogP contribution is -2.41. The predicted molar refractivity (Wildman–Crippen MR) is 114 cm³/mol. The Balaban J connectivity index is 1.91. The van der Waals surface area contributed by atoms with Gasteiger partial charge >= 0.3 is 5.69 Å².